The Hall–Kier alpha value is -4.18. The van der Waals surface area contributed by atoms with Crippen LogP contribution in [0.1, 0.15) is 34.3 Å². The Kier molecular flexibility index (Phi) is 6.25. The summed E-state index contributed by atoms with van der Waals surface area (Å²) in [5.74, 6) is 0. The third-order valence-electron chi connectivity index (χ3n) is 5.82. The second-order valence-corrected chi connectivity index (χ2v) is 8.04. The highest BCUT2D eigenvalue weighted by Gasteiger charge is 2.41. The van der Waals surface area contributed by atoms with Gasteiger partial charge >= 0.3 is 0 Å². The summed E-state index contributed by atoms with van der Waals surface area (Å²) >= 11 is 0. The molecule has 0 aliphatic carbocycles. The quantitative estimate of drug-likeness (QED) is 0.346. The first-order chi connectivity index (χ1) is 16.4. The minimum absolute atomic E-state index is 0.0292. The van der Waals surface area contributed by atoms with Crippen molar-refractivity contribution in [2.24, 2.45) is 10.2 Å². The average Bonchev–Trinajstić information content (AvgIpc) is 3.27. The SMILES string of the molecule is C(=N\N1CN(/N=C/c2ccccc2)[C@@H](c2ccccc2)[C@H]1c1ccccc1)/c1ccccc1. The van der Waals surface area contributed by atoms with Crippen LogP contribution in [0.5, 0.6) is 0 Å². The van der Waals surface area contributed by atoms with E-state index in [1.54, 1.807) is 0 Å². The molecule has 1 aliphatic rings. The van der Waals surface area contributed by atoms with Crippen LogP contribution < -0.4 is 0 Å². The molecule has 0 spiro atoms. The molecule has 2 atom stereocenters. The van der Waals surface area contributed by atoms with Crippen molar-refractivity contribution in [3.8, 4) is 0 Å². The van der Waals surface area contributed by atoms with Crippen molar-refractivity contribution in [1.29, 1.82) is 0 Å². The van der Waals surface area contributed by atoms with Crippen molar-refractivity contribution < 1.29 is 0 Å². The van der Waals surface area contributed by atoms with Gasteiger partial charge in [-0.3, -0.25) is 10.0 Å². The van der Waals surface area contributed by atoms with E-state index in [9.17, 15) is 0 Å². The topological polar surface area (TPSA) is 31.2 Å². The Morgan fingerprint density at radius 2 is 0.818 bits per heavy atom. The molecule has 33 heavy (non-hydrogen) atoms. The van der Waals surface area contributed by atoms with Gasteiger partial charge < -0.3 is 0 Å². The number of hydrogen-bond donors (Lipinski definition) is 0. The monoisotopic (exact) mass is 430 g/mol. The molecule has 0 bridgehead atoms. The molecule has 0 saturated carbocycles. The van der Waals surface area contributed by atoms with Crippen molar-refractivity contribution in [1.82, 2.24) is 10.0 Å². The minimum Gasteiger partial charge on any atom is -0.266 e. The number of nitrogens with zero attached hydrogens (tertiary/aromatic N) is 4. The molecule has 5 rings (SSSR count). The summed E-state index contributed by atoms with van der Waals surface area (Å²) in [6.45, 7) is 0.589. The second kappa shape index (κ2) is 9.96. The summed E-state index contributed by atoms with van der Waals surface area (Å²) in [5, 5.41) is 14.1. The van der Waals surface area contributed by atoms with Crippen LogP contribution in [-0.2, 0) is 0 Å². The molecule has 1 aliphatic heterocycles. The van der Waals surface area contributed by atoms with Gasteiger partial charge in [-0.1, -0.05) is 121 Å². The molecular weight excluding hydrogens is 404 g/mol. The van der Waals surface area contributed by atoms with Crippen LogP contribution in [0.3, 0.4) is 0 Å². The molecule has 1 heterocycles. The van der Waals surface area contributed by atoms with Crippen molar-refractivity contribution in [2.45, 2.75) is 12.1 Å². The van der Waals surface area contributed by atoms with Gasteiger partial charge in [-0.2, -0.15) is 10.2 Å². The summed E-state index contributed by atoms with van der Waals surface area (Å²) in [6.07, 6.45) is 3.87. The zero-order valence-corrected chi connectivity index (χ0v) is 18.4. The highest BCUT2D eigenvalue weighted by atomic mass is 15.7. The first-order valence-corrected chi connectivity index (χ1v) is 11.2. The standard InChI is InChI=1S/C29H26N4/c1-5-13-24(14-6-1)21-30-32-23-33(31-22-25-15-7-2-8-16-25)29(27-19-11-4-12-20-27)28(32)26-17-9-3-10-18-26/h1-22,28-29H,23H2/b30-21+,31-22+/t28-,29+. The zero-order chi connectivity index (χ0) is 22.3. The molecule has 0 aromatic heterocycles. The smallest absolute Gasteiger partial charge is 0.125 e. The maximum atomic E-state index is 4.93. The molecule has 4 nitrogen and oxygen atoms in total. The molecule has 0 radical (unpaired) electrons. The van der Waals surface area contributed by atoms with E-state index in [0.717, 1.165) is 11.1 Å². The van der Waals surface area contributed by atoms with Crippen LogP contribution in [0.4, 0.5) is 0 Å². The predicted octanol–water partition coefficient (Wildman–Crippen LogP) is 6.11. The maximum Gasteiger partial charge on any atom is 0.125 e. The molecule has 1 saturated heterocycles. The van der Waals surface area contributed by atoms with Gasteiger partial charge in [0, 0.05) is 0 Å². The zero-order valence-electron chi connectivity index (χ0n) is 18.4. The molecule has 0 unspecified atom stereocenters. The Labute approximate surface area is 195 Å². The van der Waals surface area contributed by atoms with E-state index in [1.165, 1.54) is 11.1 Å². The van der Waals surface area contributed by atoms with Gasteiger partial charge in [0.25, 0.3) is 0 Å². The van der Waals surface area contributed by atoms with Gasteiger partial charge in [0.2, 0.25) is 0 Å². The van der Waals surface area contributed by atoms with Crippen LogP contribution in [0.25, 0.3) is 0 Å². The minimum atomic E-state index is 0.0292. The van der Waals surface area contributed by atoms with Gasteiger partial charge in [-0.25, -0.2) is 0 Å². The molecular formula is C29H26N4. The Bertz CT molecular complexity index is 1090. The third kappa shape index (κ3) is 4.85. The van der Waals surface area contributed by atoms with E-state index in [-0.39, 0.29) is 12.1 Å². The normalized spacial score (nSPS) is 18.4. The fraction of sp³-hybridized carbons (Fsp3) is 0.103. The highest BCUT2D eigenvalue weighted by molar-refractivity contribution is 5.79. The Morgan fingerprint density at radius 3 is 1.18 bits per heavy atom. The molecule has 0 amide bonds. The summed E-state index contributed by atoms with van der Waals surface area (Å²) < 4.78 is 0. The van der Waals surface area contributed by atoms with Gasteiger partial charge in [0.1, 0.15) is 18.8 Å². The van der Waals surface area contributed by atoms with Crippen molar-refractivity contribution in [2.75, 3.05) is 6.67 Å². The molecule has 4 aromatic rings. The molecule has 0 N–H and O–H groups in total. The average molecular weight is 431 g/mol. The maximum absolute atomic E-state index is 4.93. The number of benzene rings is 4. The summed E-state index contributed by atoms with van der Waals surface area (Å²) in [7, 11) is 0. The largest absolute Gasteiger partial charge is 0.266 e. The lowest BCUT2D eigenvalue weighted by atomic mass is 9.94. The second-order valence-electron chi connectivity index (χ2n) is 8.04. The van der Waals surface area contributed by atoms with E-state index in [1.807, 2.05) is 48.8 Å². The van der Waals surface area contributed by atoms with Crippen molar-refractivity contribution >= 4 is 12.4 Å². The number of hydrogen-bond acceptors (Lipinski definition) is 4. The van der Waals surface area contributed by atoms with Crippen LogP contribution in [0, 0.1) is 0 Å². The van der Waals surface area contributed by atoms with Gasteiger partial charge in [0.15, 0.2) is 0 Å². The number of hydrazone groups is 2. The van der Waals surface area contributed by atoms with Crippen LogP contribution in [-0.4, -0.2) is 29.1 Å². The fourth-order valence-electron chi connectivity index (χ4n) is 4.24. The molecule has 162 valence electrons. The van der Waals surface area contributed by atoms with E-state index >= 15 is 0 Å². The Balaban J connectivity index is 1.55. The summed E-state index contributed by atoms with van der Waals surface area (Å²) in [6, 6.07) is 41.7. The third-order valence-corrected chi connectivity index (χ3v) is 5.82. The van der Waals surface area contributed by atoms with Gasteiger partial charge in [0.05, 0.1) is 12.4 Å². The highest BCUT2D eigenvalue weighted by Crippen LogP contribution is 2.44. The lowest BCUT2D eigenvalue weighted by molar-refractivity contribution is 0.233. The van der Waals surface area contributed by atoms with Gasteiger partial charge in [-0.15, -0.1) is 0 Å². The Morgan fingerprint density at radius 1 is 0.485 bits per heavy atom. The van der Waals surface area contributed by atoms with E-state index in [2.05, 4.69) is 94.9 Å². The molecule has 4 heteroatoms. The summed E-state index contributed by atoms with van der Waals surface area (Å²) in [5.41, 5.74) is 4.58. The first-order valence-electron chi connectivity index (χ1n) is 11.2. The molecule has 4 aromatic carbocycles. The lowest BCUT2D eigenvalue weighted by Gasteiger charge is -2.26. The van der Waals surface area contributed by atoms with Crippen molar-refractivity contribution in [3.05, 3.63) is 144 Å². The van der Waals surface area contributed by atoms with Crippen LogP contribution in [0.15, 0.2) is 132 Å². The number of rotatable bonds is 6. The predicted molar refractivity (Wildman–Crippen MR) is 135 cm³/mol. The van der Waals surface area contributed by atoms with Crippen LogP contribution >= 0.6 is 0 Å². The van der Waals surface area contributed by atoms with Crippen LogP contribution in [0.2, 0.25) is 0 Å². The first kappa shape index (κ1) is 20.7. The lowest BCUT2D eigenvalue weighted by Crippen LogP contribution is -2.20. The van der Waals surface area contributed by atoms with E-state index in [4.69, 9.17) is 10.2 Å². The molecule has 1 fully saturated rings. The fourth-order valence-corrected chi connectivity index (χ4v) is 4.24. The van der Waals surface area contributed by atoms with E-state index < -0.39 is 0 Å². The van der Waals surface area contributed by atoms with Gasteiger partial charge in [-0.05, 0) is 22.3 Å². The summed E-state index contributed by atoms with van der Waals surface area (Å²) in [4.78, 5) is 0. The van der Waals surface area contributed by atoms with E-state index in [0.29, 0.717) is 6.67 Å². The van der Waals surface area contributed by atoms with Crippen molar-refractivity contribution in [3.63, 3.8) is 0 Å².